The van der Waals surface area contributed by atoms with E-state index in [4.69, 9.17) is 17.5 Å². The molecule has 0 saturated heterocycles. The van der Waals surface area contributed by atoms with Crippen LogP contribution >= 0.6 is 11.3 Å². The van der Waals surface area contributed by atoms with Crippen molar-refractivity contribution in [1.29, 1.82) is 0 Å². The standard InChI is InChI=1S/C8H9N2S.H2O4S/c1-6-5-7(2)10-3-4-11-8(10)9-6;1-5(2,3)4/h3-5H,1-2H3;(H2,1,2,3,4)/q+1;. The summed E-state index contributed by atoms with van der Waals surface area (Å²) >= 11 is 1.67. The zero-order chi connectivity index (χ0) is 12.3. The summed E-state index contributed by atoms with van der Waals surface area (Å²) in [6.07, 6.45) is 2.04. The van der Waals surface area contributed by atoms with Crippen LogP contribution in [0.1, 0.15) is 11.4 Å². The minimum Gasteiger partial charge on any atom is -0.264 e. The zero-order valence-electron chi connectivity index (χ0n) is 8.65. The normalized spacial score (nSPS) is 11.0. The molecule has 0 radical (unpaired) electrons. The van der Waals surface area contributed by atoms with Gasteiger partial charge in [0, 0.05) is 18.4 Å². The molecule has 0 spiro atoms. The number of hydrogen-bond acceptors (Lipinski definition) is 4. The first-order valence-electron chi connectivity index (χ1n) is 4.20. The van der Waals surface area contributed by atoms with E-state index in [1.807, 2.05) is 13.1 Å². The lowest BCUT2D eigenvalue weighted by atomic mass is 10.3. The smallest absolute Gasteiger partial charge is 0.264 e. The second kappa shape index (κ2) is 4.83. The maximum atomic E-state index is 8.74. The number of thiazole rings is 1. The van der Waals surface area contributed by atoms with Gasteiger partial charge >= 0.3 is 15.4 Å². The van der Waals surface area contributed by atoms with Gasteiger partial charge in [0.25, 0.3) is 0 Å². The number of aromatic nitrogens is 2. The van der Waals surface area contributed by atoms with Crippen molar-refractivity contribution in [2.45, 2.75) is 13.8 Å². The third-order valence-corrected chi connectivity index (χ3v) is 2.42. The molecule has 8 heteroatoms. The van der Waals surface area contributed by atoms with Crippen molar-refractivity contribution >= 4 is 26.7 Å². The fraction of sp³-hybridized carbons (Fsp3) is 0.250. The molecule has 0 amide bonds. The average Bonchev–Trinajstić information content (AvgIpc) is 2.47. The quantitative estimate of drug-likeness (QED) is 0.543. The van der Waals surface area contributed by atoms with E-state index >= 15 is 0 Å². The van der Waals surface area contributed by atoms with Gasteiger partial charge in [-0.2, -0.15) is 12.8 Å². The van der Waals surface area contributed by atoms with Crippen molar-refractivity contribution in [3.63, 3.8) is 0 Å². The highest BCUT2D eigenvalue weighted by Crippen LogP contribution is 2.04. The topological polar surface area (TPSA) is 91.6 Å². The van der Waals surface area contributed by atoms with E-state index in [-0.39, 0.29) is 0 Å². The van der Waals surface area contributed by atoms with Gasteiger partial charge < -0.3 is 0 Å². The molecular weight excluding hydrogens is 252 g/mol. The lowest BCUT2D eigenvalue weighted by Gasteiger charge is -1.88. The van der Waals surface area contributed by atoms with E-state index in [1.165, 1.54) is 5.69 Å². The molecule has 0 atom stereocenters. The van der Waals surface area contributed by atoms with Gasteiger partial charge in [-0.25, -0.2) is 0 Å². The molecule has 0 bridgehead atoms. The highest BCUT2D eigenvalue weighted by Gasteiger charge is 2.08. The summed E-state index contributed by atoms with van der Waals surface area (Å²) in [5.41, 5.74) is 2.33. The summed E-state index contributed by atoms with van der Waals surface area (Å²) in [5.74, 6) is 0. The summed E-state index contributed by atoms with van der Waals surface area (Å²) in [5, 5.41) is 2.05. The van der Waals surface area contributed by atoms with Gasteiger partial charge in [-0.1, -0.05) is 11.3 Å². The largest absolute Gasteiger partial charge is 0.394 e. The predicted octanol–water partition coefficient (Wildman–Crippen LogP) is 0.846. The van der Waals surface area contributed by atoms with Crippen LogP contribution in [0, 0.1) is 13.8 Å². The van der Waals surface area contributed by atoms with E-state index in [0.29, 0.717) is 0 Å². The molecular formula is C8H11N2O4S2+. The van der Waals surface area contributed by atoms with Crippen LogP contribution in [0.5, 0.6) is 0 Å². The lowest BCUT2D eigenvalue weighted by Crippen LogP contribution is -2.23. The summed E-state index contributed by atoms with van der Waals surface area (Å²) in [7, 11) is -4.67. The number of rotatable bonds is 0. The molecule has 16 heavy (non-hydrogen) atoms. The Bertz CT molecular complexity index is 583. The van der Waals surface area contributed by atoms with E-state index in [9.17, 15) is 0 Å². The maximum Gasteiger partial charge on any atom is 0.394 e. The summed E-state index contributed by atoms with van der Waals surface area (Å²) < 4.78 is 33.7. The number of hydrogen-bond donors (Lipinski definition) is 2. The van der Waals surface area contributed by atoms with Gasteiger partial charge in [-0.3, -0.25) is 9.11 Å². The van der Waals surface area contributed by atoms with Crippen LogP contribution in [0.15, 0.2) is 17.6 Å². The van der Waals surface area contributed by atoms with E-state index in [2.05, 4.69) is 27.8 Å². The highest BCUT2D eigenvalue weighted by atomic mass is 32.3. The molecule has 0 aliphatic rings. The summed E-state index contributed by atoms with van der Waals surface area (Å²) in [6.45, 7) is 4.11. The molecule has 0 aliphatic heterocycles. The number of fused-ring (bicyclic) bond motifs is 1. The molecule has 6 nitrogen and oxygen atoms in total. The van der Waals surface area contributed by atoms with Crippen LogP contribution in [0.4, 0.5) is 0 Å². The van der Waals surface area contributed by atoms with Gasteiger partial charge in [0.2, 0.25) is 0 Å². The maximum absolute atomic E-state index is 8.74. The summed E-state index contributed by atoms with van der Waals surface area (Å²) in [6, 6.07) is 2.08. The number of nitrogens with zero attached hydrogens (tertiary/aromatic N) is 2. The first-order valence-corrected chi connectivity index (χ1v) is 6.48. The van der Waals surface area contributed by atoms with Gasteiger partial charge in [0.15, 0.2) is 5.69 Å². The SMILES string of the molecule is Cc1cc(C)[n+]2ccsc2n1.O=S(=O)(O)O. The van der Waals surface area contributed by atoms with Crippen molar-refractivity contribution in [3.8, 4) is 0 Å². The predicted molar refractivity (Wildman–Crippen MR) is 58.9 cm³/mol. The Hall–Kier alpha value is -1.09. The molecule has 0 unspecified atom stereocenters. The van der Waals surface area contributed by atoms with Crippen LogP contribution < -0.4 is 4.40 Å². The molecule has 2 heterocycles. The minimum atomic E-state index is -4.67. The van der Waals surface area contributed by atoms with Crippen LogP contribution in [0.2, 0.25) is 0 Å². The molecule has 0 aliphatic carbocycles. The Morgan fingerprint density at radius 1 is 1.38 bits per heavy atom. The first-order chi connectivity index (χ1) is 7.27. The van der Waals surface area contributed by atoms with Crippen LogP contribution in [0.3, 0.4) is 0 Å². The second-order valence-electron chi connectivity index (χ2n) is 3.04. The van der Waals surface area contributed by atoms with E-state index in [0.717, 1.165) is 10.7 Å². The molecule has 0 fully saturated rings. The van der Waals surface area contributed by atoms with Crippen molar-refractivity contribution < 1.29 is 21.9 Å². The fourth-order valence-corrected chi connectivity index (χ4v) is 2.00. The minimum absolute atomic E-state index is 1.07. The molecule has 2 aromatic rings. The molecule has 2 rings (SSSR count). The van der Waals surface area contributed by atoms with Crippen molar-refractivity contribution in [1.82, 2.24) is 4.98 Å². The van der Waals surface area contributed by atoms with Crippen molar-refractivity contribution in [2.75, 3.05) is 0 Å². The molecule has 2 aromatic heterocycles. The number of aryl methyl sites for hydroxylation is 2. The van der Waals surface area contributed by atoms with Crippen LogP contribution in [-0.2, 0) is 10.4 Å². The Balaban J connectivity index is 0.000000221. The average molecular weight is 263 g/mol. The molecule has 88 valence electrons. The third-order valence-electron chi connectivity index (χ3n) is 1.66. The van der Waals surface area contributed by atoms with Gasteiger partial charge in [0.05, 0.1) is 0 Å². The Morgan fingerprint density at radius 3 is 2.50 bits per heavy atom. The zero-order valence-corrected chi connectivity index (χ0v) is 10.3. The van der Waals surface area contributed by atoms with E-state index < -0.39 is 10.4 Å². The molecule has 2 N–H and O–H groups in total. The van der Waals surface area contributed by atoms with Crippen molar-refractivity contribution in [2.24, 2.45) is 0 Å². The highest BCUT2D eigenvalue weighted by molar-refractivity contribution is 7.79. The molecule has 0 aromatic carbocycles. The lowest BCUT2D eigenvalue weighted by molar-refractivity contribution is -0.517. The summed E-state index contributed by atoms with van der Waals surface area (Å²) in [4.78, 5) is 5.45. The fourth-order valence-electron chi connectivity index (χ4n) is 1.18. The second-order valence-corrected chi connectivity index (χ2v) is 4.81. The first kappa shape index (κ1) is 13.0. The van der Waals surface area contributed by atoms with Gasteiger partial charge in [-0.05, 0) is 11.9 Å². The Labute approximate surface area is 96.8 Å². The van der Waals surface area contributed by atoms with Gasteiger partial charge in [0.1, 0.15) is 11.9 Å². The Kier molecular flexibility index (Phi) is 3.92. The van der Waals surface area contributed by atoms with Gasteiger partial charge in [-0.15, -0.1) is 0 Å². The Morgan fingerprint density at radius 2 is 1.94 bits per heavy atom. The van der Waals surface area contributed by atoms with Crippen LogP contribution in [-0.4, -0.2) is 22.5 Å². The third kappa shape index (κ3) is 4.19. The van der Waals surface area contributed by atoms with Crippen molar-refractivity contribution in [3.05, 3.63) is 29.0 Å². The molecule has 0 saturated carbocycles. The van der Waals surface area contributed by atoms with E-state index in [1.54, 1.807) is 11.3 Å². The van der Waals surface area contributed by atoms with Crippen LogP contribution in [0.25, 0.3) is 4.96 Å². The monoisotopic (exact) mass is 263 g/mol.